The van der Waals surface area contributed by atoms with E-state index >= 15 is 0 Å². The lowest BCUT2D eigenvalue weighted by Crippen LogP contribution is -2.09. The van der Waals surface area contributed by atoms with Crippen LogP contribution in [0.1, 0.15) is 23.7 Å². The number of benzene rings is 1. The van der Waals surface area contributed by atoms with Gasteiger partial charge < -0.3 is 10.5 Å². The summed E-state index contributed by atoms with van der Waals surface area (Å²) < 4.78 is 4.76. The van der Waals surface area contributed by atoms with E-state index in [0.717, 1.165) is 12.1 Å². The number of ether oxygens (including phenoxy) is 1. The Balaban J connectivity index is 3.30. The number of hydrogen-bond donors (Lipinski definition) is 1. The van der Waals surface area contributed by atoms with Crippen LogP contribution in [0.5, 0.6) is 0 Å². The molecule has 0 aliphatic rings. The molecule has 0 heterocycles. The molecular weight excluding hydrogens is 258 g/mol. The van der Waals surface area contributed by atoms with Crippen molar-refractivity contribution in [3.05, 3.63) is 37.9 Å². The summed E-state index contributed by atoms with van der Waals surface area (Å²) in [4.78, 5) is 31.2. The maximum absolute atomic E-state index is 11.6. The maximum Gasteiger partial charge on any atom is 0.338 e. The SMILES string of the molecule is CCCOC(=O)c1cc([N+](=O)[O-])c(N)c([N+](=O)[O-])c1. The van der Waals surface area contributed by atoms with E-state index in [1.54, 1.807) is 6.92 Å². The molecule has 1 aromatic rings. The summed E-state index contributed by atoms with van der Waals surface area (Å²) in [5.41, 5.74) is 3.05. The lowest BCUT2D eigenvalue weighted by Gasteiger charge is -2.05. The Labute approximate surface area is 107 Å². The zero-order valence-electron chi connectivity index (χ0n) is 9.99. The summed E-state index contributed by atoms with van der Waals surface area (Å²) in [5, 5.41) is 21.5. The molecule has 0 amide bonds. The second kappa shape index (κ2) is 5.76. The number of rotatable bonds is 5. The van der Waals surface area contributed by atoms with Gasteiger partial charge in [0.05, 0.1) is 22.0 Å². The van der Waals surface area contributed by atoms with Crippen LogP contribution < -0.4 is 5.73 Å². The minimum Gasteiger partial charge on any atom is -0.462 e. The smallest absolute Gasteiger partial charge is 0.338 e. The first kappa shape index (κ1) is 14.4. The summed E-state index contributed by atoms with van der Waals surface area (Å²) >= 11 is 0. The Morgan fingerprint density at radius 3 is 2.11 bits per heavy atom. The zero-order valence-corrected chi connectivity index (χ0v) is 9.99. The number of nitro groups is 2. The van der Waals surface area contributed by atoms with Gasteiger partial charge in [0.25, 0.3) is 11.4 Å². The van der Waals surface area contributed by atoms with Crippen LogP contribution in [0.25, 0.3) is 0 Å². The molecule has 0 saturated heterocycles. The minimum absolute atomic E-state index is 0.116. The standard InChI is InChI=1S/C10H11N3O6/c1-2-3-19-10(14)6-4-7(12(15)16)9(11)8(5-6)13(17)18/h4-5H,2-3,11H2,1H3. The van der Waals surface area contributed by atoms with E-state index in [4.69, 9.17) is 10.5 Å². The number of nitrogens with two attached hydrogens (primary N) is 1. The second-order valence-electron chi connectivity index (χ2n) is 3.58. The van der Waals surface area contributed by atoms with E-state index in [9.17, 15) is 25.0 Å². The van der Waals surface area contributed by atoms with Crippen molar-refractivity contribution in [2.75, 3.05) is 12.3 Å². The van der Waals surface area contributed by atoms with E-state index in [2.05, 4.69) is 0 Å². The molecule has 0 radical (unpaired) electrons. The third kappa shape index (κ3) is 3.15. The number of anilines is 1. The molecule has 0 spiro atoms. The average Bonchev–Trinajstić information content (AvgIpc) is 2.35. The van der Waals surface area contributed by atoms with Crippen LogP contribution in [-0.4, -0.2) is 22.4 Å². The molecular formula is C10H11N3O6. The van der Waals surface area contributed by atoms with Crippen LogP contribution in [-0.2, 0) is 4.74 Å². The van der Waals surface area contributed by atoms with Gasteiger partial charge in [-0.1, -0.05) is 6.92 Å². The van der Waals surface area contributed by atoms with Gasteiger partial charge in [0.15, 0.2) is 5.69 Å². The highest BCUT2D eigenvalue weighted by atomic mass is 16.6. The van der Waals surface area contributed by atoms with Crippen LogP contribution >= 0.6 is 0 Å². The van der Waals surface area contributed by atoms with E-state index < -0.39 is 32.9 Å². The lowest BCUT2D eigenvalue weighted by molar-refractivity contribution is -0.392. The number of carbonyl (C=O) groups is 1. The highest BCUT2D eigenvalue weighted by molar-refractivity contribution is 5.93. The molecule has 9 nitrogen and oxygen atoms in total. The summed E-state index contributed by atoms with van der Waals surface area (Å²) in [6, 6.07) is 1.72. The number of nitrogens with zero attached hydrogens (tertiary/aromatic N) is 2. The van der Waals surface area contributed by atoms with E-state index in [-0.39, 0.29) is 12.2 Å². The van der Waals surface area contributed by atoms with Gasteiger partial charge in [-0.2, -0.15) is 0 Å². The highest BCUT2D eigenvalue weighted by Gasteiger charge is 2.26. The first-order chi connectivity index (χ1) is 8.88. The molecule has 0 aliphatic carbocycles. The monoisotopic (exact) mass is 269 g/mol. The van der Waals surface area contributed by atoms with Crippen LogP contribution in [0.15, 0.2) is 12.1 Å². The zero-order chi connectivity index (χ0) is 14.6. The van der Waals surface area contributed by atoms with Crippen molar-refractivity contribution < 1.29 is 19.4 Å². The van der Waals surface area contributed by atoms with Crippen molar-refractivity contribution in [3.63, 3.8) is 0 Å². The minimum atomic E-state index is -0.890. The molecule has 0 bridgehead atoms. The number of carbonyl (C=O) groups excluding carboxylic acids is 1. The normalized spacial score (nSPS) is 9.95. The fraction of sp³-hybridized carbons (Fsp3) is 0.300. The Morgan fingerprint density at radius 1 is 1.26 bits per heavy atom. The molecule has 0 unspecified atom stereocenters. The Bertz CT molecular complexity index is 507. The van der Waals surface area contributed by atoms with Crippen LogP contribution in [0.4, 0.5) is 17.1 Å². The van der Waals surface area contributed by atoms with Gasteiger partial charge in [0.2, 0.25) is 0 Å². The van der Waals surface area contributed by atoms with Crippen molar-refractivity contribution >= 4 is 23.0 Å². The Morgan fingerprint density at radius 2 is 1.74 bits per heavy atom. The quantitative estimate of drug-likeness (QED) is 0.371. The third-order valence-electron chi connectivity index (χ3n) is 2.20. The molecule has 1 rings (SSSR count). The predicted molar refractivity (Wildman–Crippen MR) is 64.7 cm³/mol. The molecule has 0 atom stereocenters. The fourth-order valence-electron chi connectivity index (χ4n) is 1.32. The first-order valence-electron chi connectivity index (χ1n) is 5.27. The topological polar surface area (TPSA) is 139 Å². The molecule has 1 aromatic carbocycles. The van der Waals surface area contributed by atoms with Crippen LogP contribution in [0.3, 0.4) is 0 Å². The second-order valence-corrected chi connectivity index (χ2v) is 3.58. The summed E-state index contributed by atoms with van der Waals surface area (Å²) in [6.45, 7) is 1.88. The fourth-order valence-corrected chi connectivity index (χ4v) is 1.32. The van der Waals surface area contributed by atoms with Gasteiger partial charge in [0.1, 0.15) is 0 Å². The van der Waals surface area contributed by atoms with Crippen molar-refractivity contribution in [2.24, 2.45) is 0 Å². The van der Waals surface area contributed by atoms with E-state index in [0.29, 0.717) is 6.42 Å². The van der Waals surface area contributed by atoms with Gasteiger partial charge in [-0.25, -0.2) is 4.79 Å². The molecule has 102 valence electrons. The Kier molecular flexibility index (Phi) is 4.35. The van der Waals surface area contributed by atoms with Gasteiger partial charge in [-0.3, -0.25) is 20.2 Å². The van der Waals surface area contributed by atoms with Gasteiger partial charge >= 0.3 is 5.97 Å². The van der Waals surface area contributed by atoms with Crippen molar-refractivity contribution in [1.29, 1.82) is 0 Å². The van der Waals surface area contributed by atoms with E-state index in [1.165, 1.54) is 0 Å². The molecule has 2 N–H and O–H groups in total. The van der Waals surface area contributed by atoms with Gasteiger partial charge in [-0.05, 0) is 6.42 Å². The molecule has 0 fully saturated rings. The molecule has 9 heteroatoms. The molecule has 19 heavy (non-hydrogen) atoms. The predicted octanol–water partition coefficient (Wildman–Crippen LogP) is 1.65. The molecule has 0 saturated carbocycles. The number of hydrogen-bond acceptors (Lipinski definition) is 7. The number of esters is 1. The number of nitro benzene ring substituents is 2. The third-order valence-corrected chi connectivity index (χ3v) is 2.20. The number of nitrogen functional groups attached to an aromatic ring is 1. The lowest BCUT2D eigenvalue weighted by atomic mass is 10.1. The highest BCUT2D eigenvalue weighted by Crippen LogP contribution is 2.32. The largest absolute Gasteiger partial charge is 0.462 e. The van der Waals surface area contributed by atoms with Crippen LogP contribution in [0.2, 0.25) is 0 Å². The average molecular weight is 269 g/mol. The molecule has 0 aliphatic heterocycles. The summed E-state index contributed by atoms with van der Waals surface area (Å²) in [6.07, 6.45) is 0.560. The van der Waals surface area contributed by atoms with Crippen molar-refractivity contribution in [3.8, 4) is 0 Å². The summed E-state index contributed by atoms with van der Waals surface area (Å²) in [7, 11) is 0. The van der Waals surface area contributed by atoms with Crippen molar-refractivity contribution in [2.45, 2.75) is 13.3 Å². The first-order valence-corrected chi connectivity index (χ1v) is 5.27. The Hall–Kier alpha value is -2.71. The van der Waals surface area contributed by atoms with Crippen LogP contribution in [0, 0.1) is 20.2 Å². The maximum atomic E-state index is 11.6. The van der Waals surface area contributed by atoms with E-state index in [1.807, 2.05) is 0 Å². The van der Waals surface area contributed by atoms with Gasteiger partial charge in [-0.15, -0.1) is 0 Å². The van der Waals surface area contributed by atoms with Gasteiger partial charge in [0, 0.05) is 12.1 Å². The summed E-state index contributed by atoms with van der Waals surface area (Å²) in [5.74, 6) is -0.868. The molecule has 0 aromatic heterocycles. The van der Waals surface area contributed by atoms with Crippen molar-refractivity contribution in [1.82, 2.24) is 0 Å².